The fourth-order valence-corrected chi connectivity index (χ4v) is 4.57. The van der Waals surface area contributed by atoms with Gasteiger partial charge in [0.15, 0.2) is 0 Å². The maximum atomic E-state index is 12.4. The number of hydrogen-bond donors (Lipinski definition) is 2. The van der Waals surface area contributed by atoms with Gasteiger partial charge in [0.1, 0.15) is 0 Å². The van der Waals surface area contributed by atoms with Gasteiger partial charge < -0.3 is 10.6 Å². The van der Waals surface area contributed by atoms with E-state index < -0.39 is 0 Å². The van der Waals surface area contributed by atoms with Crippen molar-refractivity contribution in [2.45, 2.75) is 51.0 Å². The molecule has 0 radical (unpaired) electrons. The normalized spacial score (nSPS) is 37.6. The van der Waals surface area contributed by atoms with Crippen LogP contribution in [0.15, 0.2) is 0 Å². The fourth-order valence-electron chi connectivity index (χ4n) is 4.57. The predicted octanol–water partition coefficient (Wildman–Crippen LogP) is 1.93. The summed E-state index contributed by atoms with van der Waals surface area (Å²) in [5.41, 5.74) is 0. The summed E-state index contributed by atoms with van der Waals surface area (Å²) in [5, 5.41) is 6.74. The molecule has 3 heteroatoms. The molecule has 3 unspecified atom stereocenters. The second-order valence-electron chi connectivity index (χ2n) is 7.32. The van der Waals surface area contributed by atoms with Crippen molar-refractivity contribution in [3.63, 3.8) is 0 Å². The highest BCUT2D eigenvalue weighted by Crippen LogP contribution is 2.48. The quantitative estimate of drug-likeness (QED) is 0.795. The Hall–Kier alpha value is -0.570. The highest BCUT2D eigenvalue weighted by atomic mass is 16.2. The second-order valence-corrected chi connectivity index (χ2v) is 7.32. The van der Waals surface area contributed by atoms with Crippen LogP contribution in [0.4, 0.5) is 0 Å². The number of fused-ring (bicyclic) bond motifs is 1. The van der Waals surface area contributed by atoms with Crippen LogP contribution >= 0.6 is 0 Å². The van der Waals surface area contributed by atoms with Gasteiger partial charge in [-0.25, -0.2) is 0 Å². The Bertz CT molecular complexity index is 350. The molecule has 1 aliphatic heterocycles. The van der Waals surface area contributed by atoms with Gasteiger partial charge in [0.2, 0.25) is 5.91 Å². The fraction of sp³-hybridized carbons (Fsp3) is 0.938. The van der Waals surface area contributed by atoms with Crippen molar-refractivity contribution < 1.29 is 4.79 Å². The molecule has 0 aromatic heterocycles. The first kappa shape index (κ1) is 12.2. The van der Waals surface area contributed by atoms with Crippen LogP contribution in [0.1, 0.15) is 44.9 Å². The first-order chi connectivity index (χ1) is 9.33. The maximum absolute atomic E-state index is 12.4. The van der Waals surface area contributed by atoms with Crippen molar-refractivity contribution in [2.24, 2.45) is 29.6 Å². The van der Waals surface area contributed by atoms with E-state index in [1.807, 2.05) is 0 Å². The predicted molar refractivity (Wildman–Crippen MR) is 74.6 cm³/mol. The lowest BCUT2D eigenvalue weighted by Gasteiger charge is -2.21. The molecule has 2 N–H and O–H groups in total. The van der Waals surface area contributed by atoms with Gasteiger partial charge in [-0.2, -0.15) is 0 Å². The highest BCUT2D eigenvalue weighted by Gasteiger charge is 2.44. The summed E-state index contributed by atoms with van der Waals surface area (Å²) in [5.74, 6) is 4.36. The zero-order valence-electron chi connectivity index (χ0n) is 11.7. The van der Waals surface area contributed by atoms with E-state index in [1.165, 1.54) is 44.9 Å². The molecule has 3 aliphatic carbocycles. The van der Waals surface area contributed by atoms with Crippen LogP contribution in [0, 0.1) is 29.6 Å². The van der Waals surface area contributed by atoms with E-state index in [0.717, 1.165) is 36.8 Å². The monoisotopic (exact) mass is 262 g/mol. The third kappa shape index (κ3) is 2.42. The maximum Gasteiger partial charge on any atom is 0.237 e. The first-order valence-corrected chi connectivity index (χ1v) is 8.34. The molecule has 0 aromatic carbocycles. The van der Waals surface area contributed by atoms with Gasteiger partial charge in [0.05, 0.1) is 6.04 Å². The van der Waals surface area contributed by atoms with E-state index in [1.54, 1.807) is 0 Å². The third-order valence-electron chi connectivity index (χ3n) is 6.00. The first-order valence-electron chi connectivity index (χ1n) is 8.34. The molecule has 4 rings (SSSR count). The summed E-state index contributed by atoms with van der Waals surface area (Å²) in [4.78, 5) is 12.4. The molecule has 4 fully saturated rings. The molecule has 3 saturated carbocycles. The van der Waals surface area contributed by atoms with Crippen LogP contribution in [0.25, 0.3) is 0 Å². The van der Waals surface area contributed by atoms with Crippen molar-refractivity contribution >= 4 is 5.91 Å². The van der Waals surface area contributed by atoms with Gasteiger partial charge in [-0.15, -0.1) is 0 Å². The standard InChI is InChI=1S/C16H26N2O/c19-16(15-13-3-1-2-12(13)8-17-15)18-9-14(10-4-5-10)11-6-7-11/h10-15,17H,1-9H2,(H,18,19). The minimum atomic E-state index is 0.117. The van der Waals surface area contributed by atoms with Gasteiger partial charge in [-0.1, -0.05) is 6.42 Å². The number of carbonyl (C=O) groups excluding carboxylic acids is 1. The summed E-state index contributed by atoms with van der Waals surface area (Å²) >= 11 is 0. The zero-order valence-corrected chi connectivity index (χ0v) is 11.7. The average Bonchev–Trinajstić information content (AvgIpc) is 3.31. The second kappa shape index (κ2) is 4.76. The molecule has 3 atom stereocenters. The Morgan fingerprint density at radius 1 is 1.11 bits per heavy atom. The summed E-state index contributed by atoms with van der Waals surface area (Å²) in [6.45, 7) is 2.02. The summed E-state index contributed by atoms with van der Waals surface area (Å²) in [6.07, 6.45) is 9.53. The minimum Gasteiger partial charge on any atom is -0.354 e. The van der Waals surface area contributed by atoms with E-state index in [0.29, 0.717) is 11.8 Å². The van der Waals surface area contributed by atoms with Crippen LogP contribution in [0.3, 0.4) is 0 Å². The minimum absolute atomic E-state index is 0.117. The summed E-state index contributed by atoms with van der Waals surface area (Å²) < 4.78 is 0. The Morgan fingerprint density at radius 2 is 1.84 bits per heavy atom. The smallest absolute Gasteiger partial charge is 0.237 e. The molecule has 0 aromatic rings. The lowest BCUT2D eigenvalue weighted by atomic mass is 9.93. The molecule has 1 amide bonds. The van der Waals surface area contributed by atoms with E-state index in [2.05, 4.69) is 10.6 Å². The van der Waals surface area contributed by atoms with E-state index >= 15 is 0 Å². The Morgan fingerprint density at radius 3 is 2.53 bits per heavy atom. The largest absolute Gasteiger partial charge is 0.354 e. The molecule has 0 spiro atoms. The topological polar surface area (TPSA) is 41.1 Å². The number of carbonyl (C=O) groups is 1. The SMILES string of the molecule is O=C(NCC(C1CC1)C1CC1)C1NCC2CCCC21. The Kier molecular flexibility index (Phi) is 3.06. The number of rotatable bonds is 5. The Labute approximate surface area is 115 Å². The molecule has 3 nitrogen and oxygen atoms in total. The number of hydrogen-bond acceptors (Lipinski definition) is 2. The Balaban J connectivity index is 1.31. The van der Waals surface area contributed by atoms with Crippen molar-refractivity contribution in [3.8, 4) is 0 Å². The molecular weight excluding hydrogens is 236 g/mol. The average molecular weight is 262 g/mol. The number of amides is 1. The van der Waals surface area contributed by atoms with Gasteiger partial charge in [0.25, 0.3) is 0 Å². The van der Waals surface area contributed by atoms with Gasteiger partial charge in [-0.3, -0.25) is 4.79 Å². The molecule has 1 heterocycles. The van der Waals surface area contributed by atoms with Crippen molar-refractivity contribution in [3.05, 3.63) is 0 Å². The van der Waals surface area contributed by atoms with Crippen LogP contribution in [-0.2, 0) is 4.79 Å². The van der Waals surface area contributed by atoms with E-state index in [4.69, 9.17) is 0 Å². The van der Waals surface area contributed by atoms with Crippen LogP contribution in [0.2, 0.25) is 0 Å². The van der Waals surface area contributed by atoms with Crippen molar-refractivity contribution in [1.82, 2.24) is 10.6 Å². The van der Waals surface area contributed by atoms with Gasteiger partial charge in [0, 0.05) is 6.54 Å². The van der Waals surface area contributed by atoms with Crippen molar-refractivity contribution in [2.75, 3.05) is 13.1 Å². The van der Waals surface area contributed by atoms with Crippen molar-refractivity contribution in [1.29, 1.82) is 0 Å². The van der Waals surface area contributed by atoms with E-state index in [9.17, 15) is 4.79 Å². The lowest BCUT2D eigenvalue weighted by molar-refractivity contribution is -0.124. The van der Waals surface area contributed by atoms with Gasteiger partial charge >= 0.3 is 0 Å². The molecule has 19 heavy (non-hydrogen) atoms. The van der Waals surface area contributed by atoms with Crippen LogP contribution in [-0.4, -0.2) is 25.0 Å². The molecule has 1 saturated heterocycles. The summed E-state index contributed by atoms with van der Waals surface area (Å²) in [6, 6.07) is 0.117. The number of nitrogens with one attached hydrogen (secondary N) is 2. The highest BCUT2D eigenvalue weighted by molar-refractivity contribution is 5.82. The lowest BCUT2D eigenvalue weighted by Crippen LogP contribution is -2.45. The zero-order chi connectivity index (χ0) is 12.8. The van der Waals surface area contributed by atoms with Crippen LogP contribution < -0.4 is 10.6 Å². The summed E-state index contributed by atoms with van der Waals surface area (Å²) in [7, 11) is 0. The van der Waals surface area contributed by atoms with Gasteiger partial charge in [-0.05, 0) is 74.7 Å². The molecule has 106 valence electrons. The molecule has 4 aliphatic rings. The van der Waals surface area contributed by atoms with E-state index in [-0.39, 0.29) is 6.04 Å². The third-order valence-corrected chi connectivity index (χ3v) is 6.00. The van der Waals surface area contributed by atoms with Crippen LogP contribution in [0.5, 0.6) is 0 Å². The molecule has 0 bridgehead atoms. The molecular formula is C16H26N2O.